The molecule has 3 aromatic rings. The Labute approximate surface area is 164 Å². The molecular weight excluding hydrogens is 352 g/mol. The van der Waals surface area contributed by atoms with E-state index in [0.29, 0.717) is 19.6 Å². The average Bonchev–Trinajstić information content (AvgIpc) is 3.18. The molecule has 0 spiro atoms. The summed E-state index contributed by atoms with van der Waals surface area (Å²) < 4.78 is 5.16. The zero-order chi connectivity index (χ0) is 19.3. The fourth-order valence-corrected chi connectivity index (χ4v) is 3.54. The van der Waals surface area contributed by atoms with Crippen LogP contribution in [0.4, 0.5) is 4.79 Å². The normalized spacial score (nSPS) is 14.0. The van der Waals surface area contributed by atoms with Crippen LogP contribution in [-0.4, -0.2) is 47.6 Å². The first-order valence-electron chi connectivity index (χ1n) is 9.52. The number of nitrogens with one attached hydrogen (secondary N) is 2. The number of aromatic nitrogens is 2. The van der Waals surface area contributed by atoms with Gasteiger partial charge >= 0.3 is 6.03 Å². The van der Waals surface area contributed by atoms with E-state index in [1.165, 1.54) is 16.7 Å². The summed E-state index contributed by atoms with van der Waals surface area (Å²) in [5.74, 6) is 0.842. The lowest BCUT2D eigenvalue weighted by atomic mass is 10.00. The number of amides is 2. The lowest BCUT2D eigenvalue weighted by Gasteiger charge is -2.26. The van der Waals surface area contributed by atoms with Gasteiger partial charge in [0, 0.05) is 43.0 Å². The van der Waals surface area contributed by atoms with Gasteiger partial charge in [0.15, 0.2) is 0 Å². The number of aromatic amines is 1. The van der Waals surface area contributed by atoms with Crippen molar-refractivity contribution in [2.24, 2.45) is 0 Å². The predicted octanol–water partition coefficient (Wildman–Crippen LogP) is 3.61. The highest BCUT2D eigenvalue weighted by molar-refractivity contribution is 5.91. The highest BCUT2D eigenvalue weighted by Gasteiger charge is 2.19. The van der Waals surface area contributed by atoms with Crippen molar-refractivity contribution in [2.45, 2.75) is 12.8 Å². The minimum absolute atomic E-state index is 0.00981. The molecule has 3 heterocycles. The van der Waals surface area contributed by atoms with Crippen molar-refractivity contribution in [3.05, 3.63) is 66.0 Å². The second kappa shape index (κ2) is 8.17. The molecule has 0 saturated heterocycles. The van der Waals surface area contributed by atoms with Crippen LogP contribution in [0.1, 0.15) is 17.5 Å². The van der Waals surface area contributed by atoms with Gasteiger partial charge in [-0.3, -0.25) is 0 Å². The van der Waals surface area contributed by atoms with Gasteiger partial charge in [-0.25, -0.2) is 9.78 Å². The predicted molar refractivity (Wildman–Crippen MR) is 110 cm³/mol. The Morgan fingerprint density at radius 3 is 2.89 bits per heavy atom. The van der Waals surface area contributed by atoms with Crippen LogP contribution >= 0.6 is 0 Å². The standard InChI is InChI=1S/C22H24N4O2/c1-28-18-6-4-16(5-7-18)8-12-24-22(27)26-13-9-17(10-14-26)20-15-25-21-19(20)3-2-11-23-21/h2-7,9,11,15H,8,10,12-14H2,1H3,(H,23,25)(H,24,27). The molecule has 1 aliphatic rings. The van der Waals surface area contributed by atoms with E-state index < -0.39 is 0 Å². The summed E-state index contributed by atoms with van der Waals surface area (Å²) in [6, 6.07) is 11.9. The van der Waals surface area contributed by atoms with Gasteiger partial charge in [-0.15, -0.1) is 0 Å². The molecule has 28 heavy (non-hydrogen) atoms. The highest BCUT2D eigenvalue weighted by atomic mass is 16.5. The van der Waals surface area contributed by atoms with Gasteiger partial charge in [0.05, 0.1) is 7.11 Å². The van der Waals surface area contributed by atoms with Gasteiger partial charge in [0.2, 0.25) is 0 Å². The number of benzene rings is 1. The van der Waals surface area contributed by atoms with Crippen LogP contribution in [0.15, 0.2) is 54.9 Å². The molecule has 2 aromatic heterocycles. The van der Waals surface area contributed by atoms with E-state index in [-0.39, 0.29) is 6.03 Å². The van der Waals surface area contributed by atoms with Gasteiger partial charge in [-0.05, 0) is 48.2 Å². The van der Waals surface area contributed by atoms with Crippen molar-refractivity contribution >= 4 is 22.6 Å². The maximum absolute atomic E-state index is 12.4. The highest BCUT2D eigenvalue weighted by Crippen LogP contribution is 2.28. The second-order valence-electron chi connectivity index (χ2n) is 6.86. The fourth-order valence-electron chi connectivity index (χ4n) is 3.54. The maximum Gasteiger partial charge on any atom is 0.317 e. The molecule has 0 saturated carbocycles. The van der Waals surface area contributed by atoms with Crippen LogP contribution in [-0.2, 0) is 6.42 Å². The SMILES string of the molecule is COc1ccc(CCNC(=O)N2CC=C(c3c[nH]c4ncccc34)CC2)cc1. The lowest BCUT2D eigenvalue weighted by molar-refractivity contribution is 0.203. The summed E-state index contributed by atoms with van der Waals surface area (Å²) in [6.07, 6.45) is 7.58. The van der Waals surface area contributed by atoms with Crippen molar-refractivity contribution in [3.63, 3.8) is 0 Å². The molecule has 2 N–H and O–H groups in total. The Hall–Kier alpha value is -3.28. The summed E-state index contributed by atoms with van der Waals surface area (Å²) in [4.78, 5) is 21.9. The van der Waals surface area contributed by atoms with E-state index in [9.17, 15) is 4.79 Å². The molecule has 144 valence electrons. The molecule has 0 unspecified atom stereocenters. The van der Waals surface area contributed by atoms with E-state index >= 15 is 0 Å². The van der Waals surface area contributed by atoms with Crippen LogP contribution in [0, 0.1) is 0 Å². The molecule has 0 aliphatic carbocycles. The number of hydrogen-bond donors (Lipinski definition) is 2. The third kappa shape index (κ3) is 3.86. The summed E-state index contributed by atoms with van der Waals surface area (Å²) in [5, 5.41) is 4.15. The number of carbonyl (C=O) groups excluding carboxylic acids is 1. The molecule has 6 heteroatoms. The van der Waals surface area contributed by atoms with Crippen LogP contribution in [0.5, 0.6) is 5.75 Å². The van der Waals surface area contributed by atoms with Crippen LogP contribution in [0.2, 0.25) is 0 Å². The average molecular weight is 376 g/mol. The fraction of sp³-hybridized carbons (Fsp3) is 0.273. The summed E-state index contributed by atoms with van der Waals surface area (Å²) in [6.45, 7) is 1.95. The van der Waals surface area contributed by atoms with Crippen molar-refractivity contribution in [1.29, 1.82) is 0 Å². The third-order valence-corrected chi connectivity index (χ3v) is 5.14. The maximum atomic E-state index is 12.4. The number of fused-ring (bicyclic) bond motifs is 1. The Bertz CT molecular complexity index is 991. The number of nitrogens with zero attached hydrogens (tertiary/aromatic N) is 2. The number of hydrogen-bond acceptors (Lipinski definition) is 3. The Kier molecular flexibility index (Phi) is 5.28. The second-order valence-corrected chi connectivity index (χ2v) is 6.86. The smallest absolute Gasteiger partial charge is 0.317 e. The molecule has 2 amide bonds. The number of rotatable bonds is 5. The first-order valence-corrected chi connectivity index (χ1v) is 9.52. The molecule has 0 atom stereocenters. The first-order chi connectivity index (χ1) is 13.7. The van der Waals surface area contributed by atoms with E-state index in [2.05, 4.69) is 27.4 Å². The number of carbonyl (C=O) groups is 1. The number of methoxy groups -OCH3 is 1. The molecule has 6 nitrogen and oxygen atoms in total. The van der Waals surface area contributed by atoms with Crippen molar-refractivity contribution in [3.8, 4) is 5.75 Å². The molecule has 0 bridgehead atoms. The van der Waals surface area contributed by atoms with Crippen molar-refractivity contribution < 1.29 is 9.53 Å². The monoisotopic (exact) mass is 376 g/mol. The topological polar surface area (TPSA) is 70.2 Å². The Morgan fingerprint density at radius 2 is 2.14 bits per heavy atom. The minimum atomic E-state index is -0.00981. The van der Waals surface area contributed by atoms with E-state index in [1.807, 2.05) is 41.4 Å². The zero-order valence-electron chi connectivity index (χ0n) is 15.9. The Morgan fingerprint density at radius 1 is 1.29 bits per heavy atom. The van der Waals surface area contributed by atoms with E-state index in [4.69, 9.17) is 4.74 Å². The molecule has 1 aliphatic heterocycles. The summed E-state index contributed by atoms with van der Waals surface area (Å²) in [7, 11) is 1.66. The quantitative estimate of drug-likeness (QED) is 0.715. The minimum Gasteiger partial charge on any atom is -0.497 e. The summed E-state index contributed by atoms with van der Waals surface area (Å²) >= 11 is 0. The van der Waals surface area contributed by atoms with Crippen LogP contribution in [0.25, 0.3) is 16.6 Å². The first kappa shape index (κ1) is 18.1. The molecular formula is C22H24N4O2. The number of ether oxygens (including phenoxy) is 1. The molecule has 0 fully saturated rings. The molecule has 0 radical (unpaired) electrons. The number of urea groups is 1. The van der Waals surface area contributed by atoms with Gasteiger partial charge in [-0.1, -0.05) is 18.2 Å². The van der Waals surface area contributed by atoms with Crippen molar-refractivity contribution in [1.82, 2.24) is 20.2 Å². The Balaban J connectivity index is 1.30. The third-order valence-electron chi connectivity index (χ3n) is 5.14. The van der Waals surface area contributed by atoms with Crippen LogP contribution in [0.3, 0.4) is 0 Å². The largest absolute Gasteiger partial charge is 0.497 e. The van der Waals surface area contributed by atoms with Gasteiger partial charge in [-0.2, -0.15) is 0 Å². The van der Waals surface area contributed by atoms with Gasteiger partial charge < -0.3 is 19.9 Å². The lowest BCUT2D eigenvalue weighted by Crippen LogP contribution is -2.42. The van der Waals surface area contributed by atoms with E-state index in [1.54, 1.807) is 13.3 Å². The van der Waals surface area contributed by atoms with Gasteiger partial charge in [0.25, 0.3) is 0 Å². The van der Waals surface area contributed by atoms with Crippen molar-refractivity contribution in [2.75, 3.05) is 26.7 Å². The number of pyridine rings is 1. The van der Waals surface area contributed by atoms with Crippen LogP contribution < -0.4 is 10.1 Å². The van der Waals surface area contributed by atoms with Gasteiger partial charge in [0.1, 0.15) is 11.4 Å². The molecule has 4 rings (SSSR count). The van der Waals surface area contributed by atoms with E-state index in [0.717, 1.165) is 29.6 Å². The molecule has 1 aromatic carbocycles. The number of H-pyrrole nitrogens is 1. The zero-order valence-corrected chi connectivity index (χ0v) is 15.9. The summed E-state index contributed by atoms with van der Waals surface area (Å²) in [5.41, 5.74) is 4.52.